The summed E-state index contributed by atoms with van der Waals surface area (Å²) in [7, 11) is 0. The molecule has 0 aromatic carbocycles. The van der Waals surface area contributed by atoms with Gasteiger partial charge in [0.05, 0.1) is 5.69 Å². The van der Waals surface area contributed by atoms with Gasteiger partial charge >= 0.3 is 5.56 Å². The first-order chi connectivity index (χ1) is 4.79. The number of aromatic nitrogens is 2. The summed E-state index contributed by atoms with van der Waals surface area (Å²) >= 11 is 0. The number of halogens is 1. The van der Waals surface area contributed by atoms with Crippen molar-refractivity contribution in [3.63, 3.8) is 0 Å². The Morgan fingerprint density at radius 1 is 1.27 bits per heavy atom. The molecule has 0 saturated carbocycles. The lowest BCUT2D eigenvalue weighted by Crippen LogP contribution is -2.19. The average Bonchev–Trinajstić information content (AvgIpc) is 2.41. The Morgan fingerprint density at radius 2 is 2.00 bits per heavy atom. The third-order valence-electron chi connectivity index (χ3n) is 1.31. The molecular weight excluding hydrogens is 212 g/mol. The van der Waals surface area contributed by atoms with Gasteiger partial charge in [0.15, 0.2) is 0 Å². The largest absolute Gasteiger partial charge is 0.320 e. The molecule has 2 rings (SSSR count). The van der Waals surface area contributed by atoms with Gasteiger partial charge in [0.1, 0.15) is 5.69 Å². The van der Waals surface area contributed by atoms with Crippen LogP contribution >= 0.6 is 17.0 Å². The molecule has 0 fully saturated rings. The Morgan fingerprint density at radius 3 is 2.64 bits per heavy atom. The lowest BCUT2D eigenvalue weighted by atomic mass is 10.4. The summed E-state index contributed by atoms with van der Waals surface area (Å²) in [4.78, 5) is 28.4. The molecule has 5 heteroatoms. The molecule has 0 bridgehead atoms. The van der Waals surface area contributed by atoms with E-state index in [0.29, 0.717) is 5.69 Å². The lowest BCUT2D eigenvalue weighted by molar-refractivity contribution is 1.30. The van der Waals surface area contributed by atoms with Crippen LogP contribution in [0.15, 0.2) is 21.9 Å². The molecular formula is C6H3BrN2O2. The number of fused-ring (bicyclic) bond motifs is 1. The van der Waals surface area contributed by atoms with E-state index < -0.39 is 11.0 Å². The van der Waals surface area contributed by atoms with Gasteiger partial charge in [0.2, 0.25) is 0 Å². The van der Waals surface area contributed by atoms with Crippen molar-refractivity contribution in [1.82, 2.24) is 9.97 Å². The first-order valence-electron chi connectivity index (χ1n) is 2.71. The molecule has 2 heterocycles. The highest BCUT2D eigenvalue weighted by molar-refractivity contribution is 8.93. The van der Waals surface area contributed by atoms with E-state index in [1.54, 1.807) is 0 Å². The monoisotopic (exact) mass is 214 g/mol. The second-order valence-corrected chi connectivity index (χ2v) is 1.92. The van der Waals surface area contributed by atoms with Crippen LogP contribution in [-0.2, 0) is 0 Å². The van der Waals surface area contributed by atoms with Crippen LogP contribution in [0.5, 0.6) is 0 Å². The second-order valence-electron chi connectivity index (χ2n) is 1.92. The van der Waals surface area contributed by atoms with E-state index in [2.05, 4.69) is 9.97 Å². The molecule has 0 aliphatic carbocycles. The van der Waals surface area contributed by atoms with Gasteiger partial charge in [-0.25, -0.2) is 4.98 Å². The molecule has 0 atom stereocenters. The number of hydrogen-bond donors (Lipinski definition) is 0. The van der Waals surface area contributed by atoms with Gasteiger partial charge < -0.3 is 0 Å². The predicted molar refractivity (Wildman–Crippen MR) is 43.9 cm³/mol. The summed E-state index contributed by atoms with van der Waals surface area (Å²) in [5.41, 5.74) is -0.724. The van der Waals surface area contributed by atoms with Gasteiger partial charge in [-0.1, -0.05) is 0 Å². The van der Waals surface area contributed by atoms with Gasteiger partial charge in [0, 0.05) is 6.20 Å². The Labute approximate surface area is 71.7 Å². The number of hydrogen-bond acceptors (Lipinski definition) is 4. The highest BCUT2D eigenvalue weighted by atomic mass is 79.9. The Balaban J connectivity index is 0.000000605. The fourth-order valence-corrected chi connectivity index (χ4v) is 0.854. The second kappa shape index (κ2) is 2.50. The van der Waals surface area contributed by atoms with Crippen LogP contribution in [0.25, 0.3) is 11.4 Å². The third-order valence-corrected chi connectivity index (χ3v) is 1.31. The Bertz CT molecular complexity index is 419. The summed E-state index contributed by atoms with van der Waals surface area (Å²) < 4.78 is 0. The summed E-state index contributed by atoms with van der Waals surface area (Å²) in [6.07, 6.45) is 1.46. The van der Waals surface area contributed by atoms with Crippen molar-refractivity contribution in [1.29, 1.82) is 0 Å². The van der Waals surface area contributed by atoms with Crippen LogP contribution in [0.4, 0.5) is 0 Å². The van der Waals surface area contributed by atoms with E-state index in [4.69, 9.17) is 0 Å². The fourth-order valence-electron chi connectivity index (χ4n) is 0.854. The molecule has 0 aromatic heterocycles. The summed E-state index contributed by atoms with van der Waals surface area (Å²) in [6, 6.07) is 1.54. The van der Waals surface area contributed by atoms with Crippen LogP contribution in [0, 0.1) is 0 Å². The zero-order chi connectivity index (χ0) is 7.14. The van der Waals surface area contributed by atoms with E-state index in [-0.39, 0.29) is 22.7 Å². The van der Waals surface area contributed by atoms with Gasteiger partial charge in [-0.2, -0.15) is 0 Å². The summed E-state index contributed by atoms with van der Waals surface area (Å²) in [6.45, 7) is 0. The van der Waals surface area contributed by atoms with E-state index in [0.717, 1.165) is 0 Å². The molecule has 4 nitrogen and oxygen atoms in total. The summed E-state index contributed by atoms with van der Waals surface area (Å²) in [5, 5.41) is 0. The van der Waals surface area contributed by atoms with Crippen LogP contribution in [0.2, 0.25) is 0 Å². The summed E-state index contributed by atoms with van der Waals surface area (Å²) in [5.74, 6) is 0. The van der Waals surface area contributed by atoms with E-state index >= 15 is 0 Å². The van der Waals surface area contributed by atoms with Gasteiger partial charge in [-0.15, -0.1) is 17.0 Å². The minimum absolute atomic E-state index is 0. The maximum Gasteiger partial charge on any atom is 0.320 e. The van der Waals surface area contributed by atoms with E-state index in [1.807, 2.05) is 0 Å². The van der Waals surface area contributed by atoms with Gasteiger partial charge in [0.25, 0.3) is 5.43 Å². The van der Waals surface area contributed by atoms with Crippen molar-refractivity contribution in [3.8, 4) is 11.4 Å². The molecule has 0 spiro atoms. The van der Waals surface area contributed by atoms with Crippen molar-refractivity contribution in [2.24, 2.45) is 0 Å². The normalized spacial score (nSPS) is 9.82. The van der Waals surface area contributed by atoms with Crippen LogP contribution in [0.3, 0.4) is 0 Å². The standard InChI is InChI=1S/C6H2N2O2.BrH/c9-5-4-3(1-2-7-4)8-6(5)10;/h1-2H;1H. The topological polar surface area (TPSA) is 59.9 Å². The molecule has 0 amide bonds. The smallest absolute Gasteiger partial charge is 0.281 e. The molecule has 0 unspecified atom stereocenters. The van der Waals surface area contributed by atoms with Crippen molar-refractivity contribution < 1.29 is 0 Å². The van der Waals surface area contributed by atoms with Gasteiger partial charge in [-0.3, -0.25) is 14.6 Å². The fraction of sp³-hybridized carbons (Fsp3) is 0. The quantitative estimate of drug-likeness (QED) is 0.568. The van der Waals surface area contributed by atoms with Crippen LogP contribution < -0.4 is 11.0 Å². The van der Waals surface area contributed by atoms with Crippen LogP contribution in [0.1, 0.15) is 0 Å². The number of nitrogens with zero attached hydrogens (tertiary/aromatic N) is 2. The number of rotatable bonds is 0. The van der Waals surface area contributed by atoms with Crippen molar-refractivity contribution in [3.05, 3.63) is 32.8 Å². The zero-order valence-electron chi connectivity index (χ0n) is 5.27. The average molecular weight is 215 g/mol. The Kier molecular flexibility index (Phi) is 1.82. The van der Waals surface area contributed by atoms with Crippen molar-refractivity contribution in [2.45, 2.75) is 0 Å². The van der Waals surface area contributed by atoms with Crippen molar-refractivity contribution in [2.75, 3.05) is 0 Å². The molecule has 0 radical (unpaired) electrons. The first kappa shape index (κ1) is 8.00. The lowest BCUT2D eigenvalue weighted by Gasteiger charge is -1.72. The van der Waals surface area contributed by atoms with Crippen LogP contribution in [-0.4, -0.2) is 9.97 Å². The highest BCUT2D eigenvalue weighted by Gasteiger charge is 2.14. The molecule has 2 aliphatic heterocycles. The molecule has 0 N–H and O–H groups in total. The molecule has 56 valence electrons. The minimum Gasteiger partial charge on any atom is -0.281 e. The maximum absolute atomic E-state index is 10.8. The molecule has 2 aliphatic rings. The highest BCUT2D eigenvalue weighted by Crippen LogP contribution is 2.08. The molecule has 11 heavy (non-hydrogen) atoms. The Hall–Kier alpha value is -1.10. The van der Waals surface area contributed by atoms with E-state index in [9.17, 15) is 9.59 Å². The molecule has 0 aromatic rings. The maximum atomic E-state index is 10.8. The van der Waals surface area contributed by atoms with Crippen molar-refractivity contribution >= 4 is 17.0 Å². The van der Waals surface area contributed by atoms with E-state index in [1.165, 1.54) is 12.3 Å². The molecule has 0 saturated heterocycles. The third kappa shape index (κ3) is 0.970. The first-order valence-corrected chi connectivity index (χ1v) is 2.71. The predicted octanol–water partition coefficient (Wildman–Crippen LogP) is -0.245. The zero-order valence-corrected chi connectivity index (χ0v) is 6.99. The minimum atomic E-state index is -0.710. The SMILES string of the molecule is Br.O=c1nc2ccnc-2c1=O. The van der Waals surface area contributed by atoms with Gasteiger partial charge in [-0.05, 0) is 6.07 Å².